The maximum absolute atomic E-state index is 8.79. The highest BCUT2D eigenvalue weighted by Crippen LogP contribution is 2.39. The van der Waals surface area contributed by atoms with Gasteiger partial charge in [0.15, 0.2) is 0 Å². The Morgan fingerprint density at radius 3 is 2.54 bits per heavy atom. The van der Waals surface area contributed by atoms with Crippen molar-refractivity contribution in [3.8, 4) is 23.3 Å². The highest BCUT2D eigenvalue weighted by molar-refractivity contribution is 5.41. The van der Waals surface area contributed by atoms with Crippen molar-refractivity contribution in [3.63, 3.8) is 0 Å². The molecule has 0 saturated heterocycles. The minimum atomic E-state index is 0.439. The van der Waals surface area contributed by atoms with E-state index in [4.69, 9.17) is 14.7 Å². The molecule has 1 fully saturated rings. The molecule has 0 aliphatic heterocycles. The van der Waals surface area contributed by atoms with Gasteiger partial charge in [0.05, 0.1) is 17.3 Å². The van der Waals surface area contributed by atoms with Gasteiger partial charge in [-0.1, -0.05) is 6.07 Å². The topological polar surface area (TPSA) is 60.1 Å². The summed E-state index contributed by atoms with van der Waals surface area (Å²) in [5.41, 5.74) is 1.69. The molecule has 1 aromatic heterocycles. The van der Waals surface area contributed by atoms with Crippen LogP contribution in [0.15, 0.2) is 60.9 Å². The minimum Gasteiger partial charge on any atom is -0.490 e. The Labute approximate surface area is 152 Å². The third-order valence-corrected chi connectivity index (χ3v) is 4.31. The van der Waals surface area contributed by atoms with Gasteiger partial charge in [-0.15, -0.1) is 0 Å². The zero-order valence-corrected chi connectivity index (χ0v) is 14.3. The monoisotopic (exact) mass is 345 g/mol. The van der Waals surface area contributed by atoms with Crippen molar-refractivity contribution < 1.29 is 9.47 Å². The van der Waals surface area contributed by atoms with Crippen molar-refractivity contribution in [3.05, 3.63) is 72.3 Å². The zero-order chi connectivity index (χ0) is 17.8. The van der Waals surface area contributed by atoms with E-state index in [-0.39, 0.29) is 0 Å². The molecule has 2 aromatic carbocycles. The summed E-state index contributed by atoms with van der Waals surface area (Å²) in [7, 11) is 0. The largest absolute Gasteiger partial charge is 0.490 e. The van der Waals surface area contributed by atoms with E-state index >= 15 is 0 Å². The predicted octanol–water partition coefficient (Wildman–Crippen LogP) is 4.08. The lowest BCUT2D eigenvalue weighted by Gasteiger charge is -2.11. The molecule has 5 heteroatoms. The van der Waals surface area contributed by atoms with Gasteiger partial charge in [-0.3, -0.25) is 0 Å². The van der Waals surface area contributed by atoms with E-state index in [0.717, 1.165) is 23.0 Å². The molecule has 0 radical (unpaired) electrons. The number of aromatic nitrogens is 2. The molecule has 1 saturated carbocycles. The van der Waals surface area contributed by atoms with Crippen molar-refractivity contribution in [2.24, 2.45) is 0 Å². The van der Waals surface area contributed by atoms with Gasteiger partial charge in [-0.25, -0.2) is 4.98 Å². The second kappa shape index (κ2) is 7.32. The summed E-state index contributed by atoms with van der Waals surface area (Å²) in [6, 6.07) is 17.2. The number of rotatable bonds is 7. The molecule has 1 heterocycles. The molecule has 1 aliphatic rings. The minimum absolute atomic E-state index is 0.439. The molecule has 130 valence electrons. The number of nitrogens with zero attached hydrogens (tertiary/aromatic N) is 3. The maximum atomic E-state index is 8.79. The molecule has 3 aromatic rings. The van der Waals surface area contributed by atoms with Gasteiger partial charge in [0.25, 0.3) is 0 Å². The Morgan fingerprint density at radius 2 is 1.81 bits per heavy atom. The number of imidazole rings is 1. The van der Waals surface area contributed by atoms with Crippen LogP contribution in [0, 0.1) is 11.3 Å². The van der Waals surface area contributed by atoms with Gasteiger partial charge in [-0.2, -0.15) is 5.26 Å². The molecule has 0 N–H and O–H groups in total. The van der Waals surface area contributed by atoms with Gasteiger partial charge >= 0.3 is 0 Å². The van der Waals surface area contributed by atoms with E-state index in [2.05, 4.69) is 21.7 Å². The Morgan fingerprint density at radius 1 is 1.04 bits per heavy atom. The molecule has 5 nitrogen and oxygen atoms in total. The molecule has 1 aliphatic carbocycles. The lowest BCUT2D eigenvalue weighted by Crippen LogP contribution is -2.09. The van der Waals surface area contributed by atoms with Crippen molar-refractivity contribution in [2.75, 3.05) is 13.2 Å². The van der Waals surface area contributed by atoms with Crippen molar-refractivity contribution in [1.29, 1.82) is 5.26 Å². The summed E-state index contributed by atoms with van der Waals surface area (Å²) in [6.45, 7) is 0.886. The first-order valence-corrected chi connectivity index (χ1v) is 8.73. The van der Waals surface area contributed by atoms with Gasteiger partial charge in [-0.05, 0) is 49.2 Å². The van der Waals surface area contributed by atoms with Crippen LogP contribution in [-0.2, 0) is 0 Å². The summed E-state index contributed by atoms with van der Waals surface area (Å²) in [5.74, 6) is 3.26. The third-order valence-electron chi connectivity index (χ3n) is 4.31. The van der Waals surface area contributed by atoms with Crippen LogP contribution in [0.2, 0.25) is 0 Å². The van der Waals surface area contributed by atoms with Gasteiger partial charge < -0.3 is 14.0 Å². The maximum Gasteiger partial charge on any atom is 0.122 e. The Balaban J connectivity index is 1.34. The first-order valence-electron chi connectivity index (χ1n) is 8.73. The summed E-state index contributed by atoms with van der Waals surface area (Å²) < 4.78 is 13.6. The standard InChI is InChI=1S/C21H19N3O2/c22-15-16-4-8-19(9-5-16)25-12-13-26-20-3-1-2-18(14-20)24-11-10-23-21(24)17-6-7-17/h1-5,8-11,14,17H,6-7,12-13H2. The highest BCUT2D eigenvalue weighted by atomic mass is 16.5. The summed E-state index contributed by atoms with van der Waals surface area (Å²) in [5, 5.41) is 8.79. The molecule has 4 rings (SSSR count). The van der Waals surface area contributed by atoms with Gasteiger partial charge in [0, 0.05) is 24.4 Å². The second-order valence-electron chi connectivity index (χ2n) is 6.26. The summed E-state index contributed by atoms with van der Waals surface area (Å²) >= 11 is 0. The predicted molar refractivity (Wildman–Crippen MR) is 97.7 cm³/mol. The first-order chi connectivity index (χ1) is 12.8. The van der Waals surface area contributed by atoms with E-state index in [1.807, 2.05) is 30.6 Å². The molecular weight excluding hydrogens is 326 g/mol. The van der Waals surface area contributed by atoms with Crippen LogP contribution in [0.5, 0.6) is 11.5 Å². The normalized spacial score (nSPS) is 13.2. The molecule has 26 heavy (non-hydrogen) atoms. The average molecular weight is 345 g/mol. The fraction of sp³-hybridized carbons (Fsp3) is 0.238. The number of hydrogen-bond acceptors (Lipinski definition) is 4. The smallest absolute Gasteiger partial charge is 0.122 e. The Kier molecular flexibility index (Phi) is 4.57. The van der Waals surface area contributed by atoms with Gasteiger partial charge in [0.1, 0.15) is 30.5 Å². The summed E-state index contributed by atoms with van der Waals surface area (Å²) in [4.78, 5) is 4.49. The van der Waals surface area contributed by atoms with Crippen LogP contribution in [0.3, 0.4) is 0 Å². The van der Waals surface area contributed by atoms with Crippen LogP contribution in [-0.4, -0.2) is 22.8 Å². The third kappa shape index (κ3) is 3.70. The quantitative estimate of drug-likeness (QED) is 0.605. The molecular formula is C21H19N3O2. The number of ether oxygens (including phenoxy) is 2. The lowest BCUT2D eigenvalue weighted by atomic mass is 10.2. The molecule has 0 spiro atoms. The van der Waals surface area contributed by atoms with Crippen molar-refractivity contribution in [2.45, 2.75) is 18.8 Å². The van der Waals surface area contributed by atoms with Crippen molar-refractivity contribution in [1.82, 2.24) is 9.55 Å². The molecule has 0 amide bonds. The average Bonchev–Trinajstić information content (AvgIpc) is 3.42. The number of nitriles is 1. The van der Waals surface area contributed by atoms with Crippen LogP contribution in [0.1, 0.15) is 30.1 Å². The van der Waals surface area contributed by atoms with Crippen molar-refractivity contribution >= 4 is 0 Å². The van der Waals surface area contributed by atoms with E-state index in [1.165, 1.54) is 12.8 Å². The Hall–Kier alpha value is -3.26. The molecule has 0 atom stereocenters. The number of hydrogen-bond donors (Lipinski definition) is 0. The number of benzene rings is 2. The SMILES string of the molecule is N#Cc1ccc(OCCOc2cccc(-n3ccnc3C3CC3)c2)cc1. The van der Waals surface area contributed by atoms with Crippen LogP contribution >= 0.6 is 0 Å². The highest BCUT2D eigenvalue weighted by Gasteiger charge is 2.28. The fourth-order valence-corrected chi connectivity index (χ4v) is 2.84. The Bertz CT molecular complexity index is 921. The molecule has 0 unspecified atom stereocenters. The first kappa shape index (κ1) is 16.2. The second-order valence-corrected chi connectivity index (χ2v) is 6.26. The van der Waals surface area contributed by atoms with Crippen LogP contribution in [0.25, 0.3) is 5.69 Å². The fourth-order valence-electron chi connectivity index (χ4n) is 2.84. The van der Waals surface area contributed by atoms with E-state index in [0.29, 0.717) is 24.7 Å². The van der Waals surface area contributed by atoms with Gasteiger partial charge in [0.2, 0.25) is 0 Å². The van der Waals surface area contributed by atoms with Crippen LogP contribution < -0.4 is 9.47 Å². The lowest BCUT2D eigenvalue weighted by molar-refractivity contribution is 0.217. The van der Waals surface area contributed by atoms with E-state index in [1.54, 1.807) is 24.3 Å². The summed E-state index contributed by atoms with van der Waals surface area (Å²) in [6.07, 6.45) is 6.30. The molecule has 0 bridgehead atoms. The zero-order valence-electron chi connectivity index (χ0n) is 14.3. The van der Waals surface area contributed by atoms with E-state index in [9.17, 15) is 0 Å². The van der Waals surface area contributed by atoms with Crippen LogP contribution in [0.4, 0.5) is 0 Å². The van der Waals surface area contributed by atoms with E-state index < -0.39 is 0 Å².